The van der Waals surface area contributed by atoms with E-state index in [1.54, 1.807) is 24.6 Å². The van der Waals surface area contributed by atoms with E-state index in [9.17, 15) is 15.3 Å². The maximum Gasteiger partial charge on any atom is 0.141 e. The Kier molecular flexibility index (Phi) is 7.59. The fraction of sp³-hybridized carbons (Fsp3) is 0.375. The van der Waals surface area contributed by atoms with Crippen molar-refractivity contribution in [3.8, 4) is 17.2 Å². The Labute approximate surface area is 221 Å². The molecule has 0 spiro atoms. The van der Waals surface area contributed by atoms with Gasteiger partial charge in [-0.1, -0.05) is 74.4 Å². The van der Waals surface area contributed by atoms with Gasteiger partial charge >= 0.3 is 0 Å². The summed E-state index contributed by atoms with van der Waals surface area (Å²) < 4.78 is 0. The van der Waals surface area contributed by atoms with Crippen LogP contribution >= 0.6 is 0 Å². The first-order valence-corrected chi connectivity index (χ1v) is 12.6. The van der Waals surface area contributed by atoms with Gasteiger partial charge in [0.05, 0.1) is 0 Å². The van der Waals surface area contributed by atoms with Crippen molar-refractivity contribution >= 4 is 23.8 Å². The minimum absolute atomic E-state index is 0.0263. The maximum atomic E-state index is 11.1. The molecule has 0 amide bonds. The number of hydrogen-bond donors (Lipinski definition) is 3. The molecule has 3 rings (SSSR count). The Morgan fingerprint density at radius 1 is 0.514 bits per heavy atom. The third kappa shape index (κ3) is 6.79. The first-order valence-electron chi connectivity index (χ1n) is 12.6. The molecule has 5 heteroatoms. The highest BCUT2D eigenvalue weighted by Crippen LogP contribution is 2.36. The van der Waals surface area contributed by atoms with E-state index in [4.69, 9.17) is 0 Å². The van der Waals surface area contributed by atoms with Crippen LogP contribution in [0.4, 0.5) is 11.4 Å². The summed E-state index contributed by atoms with van der Waals surface area (Å²) in [6, 6.07) is 14.6. The molecule has 0 aliphatic heterocycles. The summed E-state index contributed by atoms with van der Waals surface area (Å²) in [6.07, 6.45) is 3.14. The molecular weight excluding hydrogens is 460 g/mol. The Morgan fingerprint density at radius 2 is 0.865 bits per heavy atom. The largest absolute Gasteiger partial charge is 0.507 e. The van der Waals surface area contributed by atoms with Crippen LogP contribution in [0.25, 0.3) is 0 Å². The number of nitrogens with zero attached hydrogens (tertiary/aromatic N) is 2. The number of hydrogen-bond acceptors (Lipinski definition) is 5. The molecule has 3 aromatic carbocycles. The average Bonchev–Trinajstić information content (AvgIpc) is 2.77. The lowest BCUT2D eigenvalue weighted by Gasteiger charge is -2.21. The zero-order valence-electron chi connectivity index (χ0n) is 23.5. The Hall–Kier alpha value is -3.60. The number of aliphatic imine (C=N–C) groups is 2. The number of benzene rings is 3. The second kappa shape index (κ2) is 10.0. The SMILES string of the molecule is CC(C)(C)c1cc(C=Nc2cc(C(C)(C)C)ccc2O)c(O)c(C=Nc2cc(C(C)(C)C)ccc2O)c1. The Bertz CT molecular complexity index is 1250. The standard InChI is InChI=1S/C32H40N2O3/c1-30(2,3)22-10-12-27(35)25(16-22)33-18-20-14-24(32(7,8)9)15-21(29(20)37)19-34-26-17-23(31(4,5)6)11-13-28(26)36/h10-19,35-37H,1-9H3. The molecule has 3 aromatic rings. The third-order valence-electron chi connectivity index (χ3n) is 6.40. The second-order valence-electron chi connectivity index (χ2n) is 12.7. The molecule has 0 bridgehead atoms. The van der Waals surface area contributed by atoms with Crippen LogP contribution in [0.1, 0.15) is 90.1 Å². The van der Waals surface area contributed by atoms with Crippen LogP contribution in [0, 0.1) is 0 Å². The van der Waals surface area contributed by atoms with Crippen molar-refractivity contribution in [2.75, 3.05) is 0 Å². The van der Waals surface area contributed by atoms with Gasteiger partial charge in [-0.05, 0) is 69.3 Å². The summed E-state index contributed by atoms with van der Waals surface area (Å²) in [5.41, 5.74) is 4.63. The van der Waals surface area contributed by atoms with E-state index in [-0.39, 0.29) is 33.5 Å². The van der Waals surface area contributed by atoms with Gasteiger partial charge in [0.2, 0.25) is 0 Å². The molecular formula is C32H40N2O3. The van der Waals surface area contributed by atoms with Crippen LogP contribution in [0.5, 0.6) is 17.2 Å². The van der Waals surface area contributed by atoms with Crippen molar-refractivity contribution in [2.45, 2.75) is 78.6 Å². The minimum atomic E-state index is -0.193. The van der Waals surface area contributed by atoms with Crippen molar-refractivity contribution in [2.24, 2.45) is 9.98 Å². The molecule has 0 aliphatic carbocycles. The van der Waals surface area contributed by atoms with E-state index >= 15 is 0 Å². The highest BCUT2D eigenvalue weighted by Gasteiger charge is 2.19. The van der Waals surface area contributed by atoms with Gasteiger partial charge in [-0.25, -0.2) is 0 Å². The van der Waals surface area contributed by atoms with Crippen LogP contribution < -0.4 is 0 Å². The van der Waals surface area contributed by atoms with Crippen LogP contribution in [-0.2, 0) is 16.2 Å². The molecule has 0 atom stereocenters. The number of aromatic hydroxyl groups is 3. The lowest BCUT2D eigenvalue weighted by molar-refractivity contribution is 0.471. The van der Waals surface area contributed by atoms with Gasteiger partial charge in [0.25, 0.3) is 0 Å². The topological polar surface area (TPSA) is 85.4 Å². The van der Waals surface area contributed by atoms with Crippen molar-refractivity contribution in [3.05, 3.63) is 76.3 Å². The van der Waals surface area contributed by atoms with E-state index in [2.05, 4.69) is 72.3 Å². The van der Waals surface area contributed by atoms with Crippen molar-refractivity contribution in [1.29, 1.82) is 0 Å². The van der Waals surface area contributed by atoms with Gasteiger partial charge in [0.15, 0.2) is 0 Å². The van der Waals surface area contributed by atoms with Gasteiger partial charge in [-0.15, -0.1) is 0 Å². The summed E-state index contributed by atoms with van der Waals surface area (Å²) in [4.78, 5) is 9.05. The van der Waals surface area contributed by atoms with E-state index in [0.29, 0.717) is 22.5 Å². The average molecular weight is 501 g/mol. The third-order valence-corrected chi connectivity index (χ3v) is 6.40. The van der Waals surface area contributed by atoms with Crippen LogP contribution in [0.3, 0.4) is 0 Å². The molecule has 5 nitrogen and oxygen atoms in total. The van der Waals surface area contributed by atoms with Gasteiger partial charge in [-0.2, -0.15) is 0 Å². The molecule has 0 unspecified atom stereocenters. The predicted octanol–water partition coefficient (Wildman–Crippen LogP) is 8.20. The number of phenolic OH excluding ortho intramolecular Hbond substituents is 3. The van der Waals surface area contributed by atoms with Crippen LogP contribution in [0.15, 0.2) is 58.5 Å². The lowest BCUT2D eigenvalue weighted by Crippen LogP contribution is -2.12. The molecule has 37 heavy (non-hydrogen) atoms. The number of rotatable bonds is 4. The molecule has 0 aromatic heterocycles. The molecule has 196 valence electrons. The molecule has 0 saturated heterocycles. The lowest BCUT2D eigenvalue weighted by atomic mass is 9.85. The molecule has 0 radical (unpaired) electrons. The summed E-state index contributed by atoms with van der Waals surface area (Å²) in [6.45, 7) is 18.9. The first kappa shape index (κ1) is 28.0. The van der Waals surface area contributed by atoms with Gasteiger partial charge < -0.3 is 15.3 Å². The first-order chi connectivity index (χ1) is 17.0. The Balaban J connectivity index is 2.09. The van der Waals surface area contributed by atoms with Crippen molar-refractivity contribution in [1.82, 2.24) is 0 Å². The summed E-state index contributed by atoms with van der Waals surface area (Å²) in [5, 5.41) is 31.9. The Morgan fingerprint density at radius 3 is 1.19 bits per heavy atom. The molecule has 0 fully saturated rings. The minimum Gasteiger partial charge on any atom is -0.507 e. The molecule has 0 aliphatic rings. The van der Waals surface area contributed by atoms with Gasteiger partial charge in [0.1, 0.15) is 28.6 Å². The second-order valence-corrected chi connectivity index (χ2v) is 12.7. The fourth-order valence-corrected chi connectivity index (χ4v) is 3.77. The summed E-state index contributed by atoms with van der Waals surface area (Å²) in [5.74, 6) is 0.178. The fourth-order valence-electron chi connectivity index (χ4n) is 3.77. The van der Waals surface area contributed by atoms with Gasteiger partial charge in [0, 0.05) is 23.6 Å². The highest BCUT2D eigenvalue weighted by molar-refractivity contribution is 5.94. The zero-order valence-corrected chi connectivity index (χ0v) is 23.5. The van der Waals surface area contributed by atoms with E-state index in [1.165, 1.54) is 0 Å². The summed E-state index contributed by atoms with van der Waals surface area (Å²) in [7, 11) is 0. The van der Waals surface area contributed by atoms with Crippen LogP contribution in [-0.4, -0.2) is 27.7 Å². The number of phenols is 3. The monoisotopic (exact) mass is 500 g/mol. The molecule has 0 saturated carbocycles. The normalized spacial score (nSPS) is 13.1. The van der Waals surface area contributed by atoms with E-state index in [1.807, 2.05) is 36.4 Å². The predicted molar refractivity (Wildman–Crippen MR) is 155 cm³/mol. The highest BCUT2D eigenvalue weighted by atomic mass is 16.3. The molecule has 3 N–H and O–H groups in total. The quantitative estimate of drug-likeness (QED) is 0.316. The van der Waals surface area contributed by atoms with Crippen molar-refractivity contribution < 1.29 is 15.3 Å². The smallest absolute Gasteiger partial charge is 0.141 e. The molecule has 0 heterocycles. The van der Waals surface area contributed by atoms with Crippen molar-refractivity contribution in [3.63, 3.8) is 0 Å². The zero-order chi connectivity index (χ0) is 27.8. The van der Waals surface area contributed by atoms with Gasteiger partial charge in [-0.3, -0.25) is 9.98 Å². The van der Waals surface area contributed by atoms with Crippen LogP contribution in [0.2, 0.25) is 0 Å². The maximum absolute atomic E-state index is 11.1. The van der Waals surface area contributed by atoms with E-state index < -0.39 is 0 Å². The van der Waals surface area contributed by atoms with E-state index in [0.717, 1.165) is 16.7 Å². The summed E-state index contributed by atoms with van der Waals surface area (Å²) >= 11 is 0.